The van der Waals surface area contributed by atoms with Crippen LogP contribution in [0.3, 0.4) is 0 Å². The lowest BCUT2D eigenvalue weighted by Crippen LogP contribution is -2.47. The van der Waals surface area contributed by atoms with Gasteiger partial charge in [0.25, 0.3) is 0 Å². The Bertz CT molecular complexity index is 1540. The van der Waals surface area contributed by atoms with E-state index in [4.69, 9.17) is 9.84 Å². The summed E-state index contributed by atoms with van der Waals surface area (Å²) in [5, 5.41) is 20.7. The van der Waals surface area contributed by atoms with E-state index >= 15 is 0 Å². The van der Waals surface area contributed by atoms with Crippen LogP contribution >= 0.6 is 11.8 Å². The van der Waals surface area contributed by atoms with Gasteiger partial charge in [0.15, 0.2) is 11.5 Å². The summed E-state index contributed by atoms with van der Waals surface area (Å²) in [5.74, 6) is 1.92. The number of nitrogens with zero attached hydrogens (tertiary/aromatic N) is 7. The standard InChI is InChI=1S/C29H37N9O3S/c1-18-19(2)35-36-26(18)34-27-20-13-24(42-29(3,4)5)23(14-21(20)32-17-33-27)41-12-6-7-37-8-10-38(11-9-37)25-16-30-22(15-31-25)28(39)40/h13-17H,6-12H2,1-5H3,(H,39,40)(H2,32,33,34,35,36). The Balaban J connectivity index is 1.21. The Morgan fingerprint density at radius 1 is 1.07 bits per heavy atom. The minimum Gasteiger partial charge on any atom is -0.492 e. The number of thioether (sulfide) groups is 1. The lowest BCUT2D eigenvalue weighted by atomic mass is 10.2. The number of carbonyl (C=O) groups is 1. The Labute approximate surface area is 249 Å². The van der Waals surface area contributed by atoms with Gasteiger partial charge >= 0.3 is 5.97 Å². The number of H-pyrrole nitrogens is 1. The second-order valence-electron chi connectivity index (χ2n) is 11.3. The molecule has 5 rings (SSSR count). The molecule has 1 aromatic carbocycles. The lowest BCUT2D eigenvalue weighted by molar-refractivity contribution is 0.0690. The van der Waals surface area contributed by atoms with Crippen LogP contribution in [0.1, 0.15) is 48.9 Å². The van der Waals surface area contributed by atoms with Crippen molar-refractivity contribution in [2.75, 3.05) is 49.5 Å². The van der Waals surface area contributed by atoms with Gasteiger partial charge in [0.05, 0.1) is 29.4 Å². The number of rotatable bonds is 10. The van der Waals surface area contributed by atoms with Gasteiger partial charge in [-0.05, 0) is 26.3 Å². The quantitative estimate of drug-likeness (QED) is 0.174. The third-order valence-electron chi connectivity index (χ3n) is 7.04. The highest BCUT2D eigenvalue weighted by atomic mass is 32.2. The van der Waals surface area contributed by atoms with E-state index in [2.05, 4.69) is 72.1 Å². The van der Waals surface area contributed by atoms with Crippen LogP contribution in [0.5, 0.6) is 5.75 Å². The molecule has 0 bridgehead atoms. The average Bonchev–Trinajstić information content (AvgIpc) is 3.27. The Kier molecular flexibility index (Phi) is 8.78. The molecule has 12 nitrogen and oxygen atoms in total. The van der Waals surface area contributed by atoms with Crippen LogP contribution in [0, 0.1) is 13.8 Å². The van der Waals surface area contributed by atoms with Crippen LogP contribution in [0.25, 0.3) is 10.9 Å². The minimum atomic E-state index is -1.07. The highest BCUT2D eigenvalue weighted by Crippen LogP contribution is 2.41. The summed E-state index contributed by atoms with van der Waals surface area (Å²) in [6.45, 7) is 15.5. The van der Waals surface area contributed by atoms with E-state index in [9.17, 15) is 4.79 Å². The van der Waals surface area contributed by atoms with Crippen molar-refractivity contribution in [2.45, 2.75) is 50.7 Å². The molecular weight excluding hydrogens is 554 g/mol. The SMILES string of the molecule is Cc1[nH]nc(Nc2ncnc3cc(OCCCN4CCN(c5cnc(C(=O)O)cn5)CC4)c(SC(C)(C)C)cc23)c1C. The molecule has 4 aromatic rings. The van der Waals surface area contributed by atoms with E-state index in [0.717, 1.165) is 77.8 Å². The zero-order valence-electron chi connectivity index (χ0n) is 24.6. The number of nitrogens with one attached hydrogen (secondary N) is 2. The monoisotopic (exact) mass is 591 g/mol. The molecule has 1 aliphatic rings. The first-order valence-corrected chi connectivity index (χ1v) is 14.8. The molecule has 0 aliphatic carbocycles. The van der Waals surface area contributed by atoms with Gasteiger partial charge in [0, 0.05) is 60.2 Å². The summed E-state index contributed by atoms with van der Waals surface area (Å²) in [4.78, 5) is 33.9. The summed E-state index contributed by atoms with van der Waals surface area (Å²) in [5.41, 5.74) is 2.83. The van der Waals surface area contributed by atoms with Crippen LogP contribution in [0.2, 0.25) is 0 Å². The maximum Gasteiger partial charge on any atom is 0.356 e. The van der Waals surface area contributed by atoms with Crippen LogP contribution in [-0.4, -0.2) is 90.2 Å². The number of piperazine rings is 1. The third-order valence-corrected chi connectivity index (χ3v) is 8.19. The number of anilines is 3. The second-order valence-corrected chi connectivity index (χ2v) is 13.2. The molecule has 1 saturated heterocycles. The third kappa shape index (κ3) is 7.08. The largest absolute Gasteiger partial charge is 0.492 e. The number of carboxylic acids is 1. The van der Waals surface area contributed by atoms with Crippen molar-refractivity contribution in [3.8, 4) is 5.75 Å². The Morgan fingerprint density at radius 3 is 2.50 bits per heavy atom. The van der Waals surface area contributed by atoms with Gasteiger partial charge in [-0.1, -0.05) is 20.8 Å². The first-order valence-electron chi connectivity index (χ1n) is 14.0. The van der Waals surface area contributed by atoms with Gasteiger partial charge in [-0.15, -0.1) is 11.8 Å². The molecule has 1 aliphatic heterocycles. The van der Waals surface area contributed by atoms with Crippen LogP contribution < -0.4 is 15.0 Å². The van der Waals surface area contributed by atoms with Gasteiger partial charge < -0.3 is 20.1 Å². The molecule has 0 spiro atoms. The number of aryl methyl sites for hydroxylation is 1. The average molecular weight is 592 g/mol. The van der Waals surface area contributed by atoms with Gasteiger partial charge in [0.2, 0.25) is 0 Å². The highest BCUT2D eigenvalue weighted by molar-refractivity contribution is 8.00. The predicted molar refractivity (Wildman–Crippen MR) is 164 cm³/mol. The summed E-state index contributed by atoms with van der Waals surface area (Å²) >= 11 is 1.76. The summed E-state index contributed by atoms with van der Waals surface area (Å²) in [7, 11) is 0. The number of fused-ring (bicyclic) bond motifs is 1. The lowest BCUT2D eigenvalue weighted by Gasteiger charge is -2.35. The van der Waals surface area contributed by atoms with Crippen molar-refractivity contribution in [1.29, 1.82) is 0 Å². The second kappa shape index (κ2) is 12.5. The molecule has 3 N–H and O–H groups in total. The fourth-order valence-electron chi connectivity index (χ4n) is 4.67. The number of hydrogen-bond donors (Lipinski definition) is 3. The van der Waals surface area contributed by atoms with Crippen molar-refractivity contribution in [1.82, 2.24) is 35.0 Å². The molecule has 1 fully saturated rings. The molecule has 42 heavy (non-hydrogen) atoms. The van der Waals surface area contributed by atoms with Crippen LogP contribution in [0.15, 0.2) is 35.7 Å². The number of aromatic amines is 1. The van der Waals surface area contributed by atoms with Crippen molar-refractivity contribution < 1.29 is 14.6 Å². The van der Waals surface area contributed by atoms with E-state index in [1.165, 1.54) is 12.4 Å². The molecule has 0 saturated carbocycles. The first-order chi connectivity index (χ1) is 20.1. The molecule has 0 amide bonds. The molecule has 0 atom stereocenters. The number of carboxylic acid groups (broad SMARTS) is 1. The topological polar surface area (TPSA) is 145 Å². The van der Waals surface area contributed by atoms with Crippen LogP contribution in [0.4, 0.5) is 17.5 Å². The zero-order chi connectivity index (χ0) is 29.9. The molecule has 222 valence electrons. The predicted octanol–water partition coefficient (Wildman–Crippen LogP) is 4.68. The zero-order valence-corrected chi connectivity index (χ0v) is 25.5. The molecule has 13 heteroatoms. The minimum absolute atomic E-state index is 0.0110. The summed E-state index contributed by atoms with van der Waals surface area (Å²) < 4.78 is 6.35. The summed E-state index contributed by atoms with van der Waals surface area (Å²) in [6, 6.07) is 4.12. The number of ether oxygens (including phenoxy) is 1. The molecule has 0 unspecified atom stereocenters. The number of hydrogen-bond acceptors (Lipinski definition) is 11. The smallest absolute Gasteiger partial charge is 0.356 e. The normalized spacial score (nSPS) is 14.4. The van der Waals surface area contributed by atoms with E-state index in [-0.39, 0.29) is 10.4 Å². The molecule has 4 heterocycles. The fraction of sp³-hybridized carbons (Fsp3) is 0.448. The van der Waals surface area contributed by atoms with E-state index in [1.807, 2.05) is 19.9 Å². The van der Waals surface area contributed by atoms with Gasteiger partial charge in [-0.2, -0.15) is 5.10 Å². The molecule has 3 aromatic heterocycles. The molecular formula is C29H37N9O3S. The number of aromatic carboxylic acids is 1. The fourth-order valence-corrected chi connectivity index (χ4v) is 5.73. The van der Waals surface area contributed by atoms with Crippen molar-refractivity contribution in [2.24, 2.45) is 0 Å². The van der Waals surface area contributed by atoms with E-state index < -0.39 is 5.97 Å². The summed E-state index contributed by atoms with van der Waals surface area (Å²) in [6.07, 6.45) is 5.29. The maximum absolute atomic E-state index is 11.0. The maximum atomic E-state index is 11.0. The van der Waals surface area contributed by atoms with Gasteiger partial charge in [-0.25, -0.2) is 24.7 Å². The molecule has 0 radical (unpaired) electrons. The van der Waals surface area contributed by atoms with Crippen molar-refractivity contribution in [3.05, 3.63) is 47.8 Å². The number of benzene rings is 1. The highest BCUT2D eigenvalue weighted by Gasteiger charge is 2.21. The van der Waals surface area contributed by atoms with Crippen LogP contribution in [-0.2, 0) is 0 Å². The van der Waals surface area contributed by atoms with Crippen molar-refractivity contribution in [3.63, 3.8) is 0 Å². The Hall–Kier alpha value is -3.97. The first kappa shape index (κ1) is 29.5. The number of aromatic nitrogens is 6. The van der Waals surface area contributed by atoms with Gasteiger partial charge in [0.1, 0.15) is 23.7 Å². The Morgan fingerprint density at radius 2 is 1.86 bits per heavy atom. The van der Waals surface area contributed by atoms with E-state index in [0.29, 0.717) is 18.2 Å². The van der Waals surface area contributed by atoms with Crippen molar-refractivity contribution >= 4 is 46.1 Å². The van der Waals surface area contributed by atoms with E-state index in [1.54, 1.807) is 18.1 Å². The van der Waals surface area contributed by atoms with Gasteiger partial charge in [-0.3, -0.25) is 10.00 Å².